The normalized spacial score (nSPS) is 11.5. The van der Waals surface area contributed by atoms with E-state index in [1.54, 1.807) is 0 Å². The van der Waals surface area contributed by atoms with E-state index in [2.05, 4.69) is 19.1 Å². The van der Waals surface area contributed by atoms with Crippen molar-refractivity contribution in [3.63, 3.8) is 0 Å². The van der Waals surface area contributed by atoms with E-state index < -0.39 is 10.1 Å². The van der Waals surface area contributed by atoms with Crippen LogP contribution in [0, 0.1) is 0 Å². The second kappa shape index (κ2) is 18.2. The average Bonchev–Trinajstić information content (AvgIpc) is 2.86. The van der Waals surface area contributed by atoms with Crippen molar-refractivity contribution in [1.82, 2.24) is 0 Å². The Morgan fingerprint density at radius 1 is 0.611 bits per heavy atom. The van der Waals surface area contributed by atoms with Crippen LogP contribution in [0.15, 0.2) is 48.5 Å². The zero-order chi connectivity index (χ0) is 25.9. The summed E-state index contributed by atoms with van der Waals surface area (Å²) in [5.41, 5.74) is 2.09. The summed E-state index contributed by atoms with van der Waals surface area (Å²) in [4.78, 5) is 0. The minimum Gasteiger partial charge on any atom is -0.493 e. The smallest absolute Gasteiger partial charge is 0.264 e. The summed E-state index contributed by atoms with van der Waals surface area (Å²) in [6.07, 6.45) is 15.7. The fraction of sp³-hybridized carbons (Fsp3) is 0.600. The molecule has 2 aromatic carbocycles. The van der Waals surface area contributed by atoms with Crippen LogP contribution < -0.4 is 9.47 Å². The van der Waals surface area contributed by atoms with Crippen LogP contribution in [0.2, 0.25) is 0 Å². The third kappa shape index (κ3) is 13.3. The van der Waals surface area contributed by atoms with E-state index in [9.17, 15) is 8.42 Å². The van der Waals surface area contributed by atoms with Crippen LogP contribution in [-0.2, 0) is 10.1 Å². The molecule has 5 nitrogen and oxygen atoms in total. The van der Waals surface area contributed by atoms with Gasteiger partial charge in [0.25, 0.3) is 10.1 Å². The topological polar surface area (TPSA) is 72.8 Å². The Balaban J connectivity index is 1.79. The minimum atomic E-state index is -3.85. The highest BCUT2D eigenvalue weighted by Gasteiger charge is 2.13. The Morgan fingerprint density at radius 2 is 1.08 bits per heavy atom. The maximum absolute atomic E-state index is 10.8. The number of unbranched alkanes of at least 4 members (excludes halogenated alkanes) is 12. The number of hydrogen-bond donors (Lipinski definition) is 1. The minimum absolute atomic E-state index is 0.157. The molecular weight excluding hydrogens is 472 g/mol. The predicted molar refractivity (Wildman–Crippen MR) is 150 cm³/mol. The lowest BCUT2D eigenvalue weighted by Crippen LogP contribution is -2.04. The van der Waals surface area contributed by atoms with Crippen molar-refractivity contribution in [3.05, 3.63) is 48.5 Å². The summed E-state index contributed by atoms with van der Waals surface area (Å²) in [5, 5.41) is 0. The Morgan fingerprint density at radius 3 is 1.58 bits per heavy atom. The summed E-state index contributed by atoms with van der Waals surface area (Å²) in [7, 11) is -3.85. The standard InChI is InChI=1S/C30H46O5S/c1-2-3-4-5-6-7-8-10-16-24-34-28-22-19-23-29(30(28)27-20-14-13-15-21-27)35-25-17-11-9-12-18-26-36(31,32)33/h13-15,19-23H,2-12,16-18,24-26H2,1H3,(H,31,32,33). The average molecular weight is 519 g/mol. The van der Waals surface area contributed by atoms with Gasteiger partial charge >= 0.3 is 0 Å². The Labute approximate surface area is 219 Å². The van der Waals surface area contributed by atoms with Crippen molar-refractivity contribution >= 4 is 10.1 Å². The van der Waals surface area contributed by atoms with Gasteiger partial charge in [0.05, 0.1) is 24.5 Å². The first-order valence-corrected chi connectivity index (χ1v) is 15.5. The Hall–Kier alpha value is -2.05. The molecule has 6 heteroatoms. The van der Waals surface area contributed by atoms with Gasteiger partial charge in [-0.3, -0.25) is 4.55 Å². The maximum Gasteiger partial charge on any atom is 0.264 e. The predicted octanol–water partition coefficient (Wildman–Crippen LogP) is 8.48. The molecule has 0 spiro atoms. The molecule has 2 aromatic rings. The van der Waals surface area contributed by atoms with Crippen molar-refractivity contribution in [2.75, 3.05) is 19.0 Å². The van der Waals surface area contributed by atoms with Gasteiger partial charge in [0.1, 0.15) is 11.5 Å². The highest BCUT2D eigenvalue weighted by molar-refractivity contribution is 7.85. The van der Waals surface area contributed by atoms with E-state index in [0.29, 0.717) is 19.6 Å². The van der Waals surface area contributed by atoms with Crippen LogP contribution in [0.25, 0.3) is 11.1 Å². The van der Waals surface area contributed by atoms with Gasteiger partial charge in [0.15, 0.2) is 0 Å². The van der Waals surface area contributed by atoms with E-state index in [4.69, 9.17) is 14.0 Å². The van der Waals surface area contributed by atoms with Crippen LogP contribution in [0.3, 0.4) is 0 Å². The number of hydrogen-bond acceptors (Lipinski definition) is 4. The van der Waals surface area contributed by atoms with Crippen LogP contribution in [0.1, 0.15) is 96.8 Å². The lowest BCUT2D eigenvalue weighted by Gasteiger charge is -2.17. The first-order valence-electron chi connectivity index (χ1n) is 13.9. The van der Waals surface area contributed by atoms with Crippen molar-refractivity contribution in [2.45, 2.75) is 96.8 Å². The van der Waals surface area contributed by atoms with Gasteiger partial charge in [-0.15, -0.1) is 0 Å². The van der Waals surface area contributed by atoms with Crippen LogP contribution in [-0.4, -0.2) is 31.9 Å². The fourth-order valence-corrected chi connectivity index (χ4v) is 4.90. The van der Waals surface area contributed by atoms with Gasteiger partial charge < -0.3 is 9.47 Å². The molecule has 202 valence electrons. The molecular formula is C30H46O5S. The van der Waals surface area contributed by atoms with E-state index in [-0.39, 0.29) is 5.75 Å². The summed E-state index contributed by atoms with van der Waals surface area (Å²) < 4.78 is 42.8. The number of benzene rings is 2. The first kappa shape index (κ1) is 30.2. The van der Waals surface area contributed by atoms with E-state index in [1.807, 2.05) is 36.4 Å². The van der Waals surface area contributed by atoms with E-state index in [0.717, 1.165) is 54.7 Å². The highest BCUT2D eigenvalue weighted by atomic mass is 32.2. The molecule has 0 aliphatic rings. The molecule has 0 aliphatic carbocycles. The highest BCUT2D eigenvalue weighted by Crippen LogP contribution is 2.38. The second-order valence-electron chi connectivity index (χ2n) is 9.57. The number of ether oxygens (including phenoxy) is 2. The fourth-order valence-electron chi connectivity index (χ4n) is 4.33. The zero-order valence-corrected chi connectivity index (χ0v) is 22.9. The van der Waals surface area contributed by atoms with Gasteiger partial charge in [-0.25, -0.2) is 0 Å². The first-order chi connectivity index (χ1) is 17.5. The van der Waals surface area contributed by atoms with Crippen LogP contribution in [0.5, 0.6) is 11.5 Å². The molecule has 0 unspecified atom stereocenters. The second-order valence-corrected chi connectivity index (χ2v) is 11.1. The summed E-state index contributed by atoms with van der Waals surface area (Å²) >= 11 is 0. The summed E-state index contributed by atoms with van der Waals surface area (Å²) in [6, 6.07) is 16.3. The molecule has 0 aromatic heterocycles. The Kier molecular flexibility index (Phi) is 15.3. The molecule has 0 aliphatic heterocycles. The van der Waals surface area contributed by atoms with E-state index in [1.165, 1.54) is 51.4 Å². The maximum atomic E-state index is 10.8. The van der Waals surface area contributed by atoms with Crippen molar-refractivity contribution in [2.24, 2.45) is 0 Å². The van der Waals surface area contributed by atoms with Crippen LogP contribution in [0.4, 0.5) is 0 Å². The molecule has 2 rings (SSSR count). The largest absolute Gasteiger partial charge is 0.493 e. The molecule has 0 atom stereocenters. The quantitative estimate of drug-likeness (QED) is 0.132. The molecule has 0 amide bonds. The lowest BCUT2D eigenvalue weighted by atomic mass is 10.0. The van der Waals surface area contributed by atoms with Gasteiger partial charge in [0.2, 0.25) is 0 Å². The monoisotopic (exact) mass is 518 g/mol. The SMILES string of the molecule is CCCCCCCCCCCOc1cccc(OCCCCCCCS(=O)(=O)O)c1-c1ccccc1. The molecule has 0 saturated carbocycles. The van der Waals surface area contributed by atoms with E-state index >= 15 is 0 Å². The molecule has 0 bridgehead atoms. The van der Waals surface area contributed by atoms with Gasteiger partial charge in [-0.05, 0) is 37.0 Å². The zero-order valence-electron chi connectivity index (χ0n) is 22.1. The van der Waals surface area contributed by atoms with Crippen molar-refractivity contribution < 1.29 is 22.4 Å². The van der Waals surface area contributed by atoms with Crippen LogP contribution >= 0.6 is 0 Å². The third-order valence-electron chi connectivity index (χ3n) is 6.36. The molecule has 0 heterocycles. The number of rotatable bonds is 21. The molecule has 0 saturated heterocycles. The Bertz CT molecular complexity index is 928. The van der Waals surface area contributed by atoms with Gasteiger partial charge in [-0.1, -0.05) is 114 Å². The lowest BCUT2D eigenvalue weighted by molar-refractivity contribution is 0.292. The summed E-state index contributed by atoms with van der Waals surface area (Å²) in [6.45, 7) is 3.57. The molecule has 36 heavy (non-hydrogen) atoms. The molecule has 1 N–H and O–H groups in total. The molecule has 0 radical (unpaired) electrons. The van der Waals surface area contributed by atoms with Gasteiger partial charge in [0, 0.05) is 0 Å². The van der Waals surface area contributed by atoms with Crippen molar-refractivity contribution in [1.29, 1.82) is 0 Å². The van der Waals surface area contributed by atoms with Crippen molar-refractivity contribution in [3.8, 4) is 22.6 Å². The third-order valence-corrected chi connectivity index (χ3v) is 7.16. The van der Waals surface area contributed by atoms with Gasteiger partial charge in [-0.2, -0.15) is 8.42 Å². The summed E-state index contributed by atoms with van der Waals surface area (Å²) in [5.74, 6) is 1.54. The molecule has 0 fully saturated rings.